The van der Waals surface area contributed by atoms with Gasteiger partial charge in [0.1, 0.15) is 11.9 Å². The molecule has 11 heteroatoms. The molecule has 0 aliphatic rings. The van der Waals surface area contributed by atoms with Crippen molar-refractivity contribution in [2.24, 2.45) is 0 Å². The topological polar surface area (TPSA) is 95.6 Å². The number of nitrogens with one attached hydrogen (secondary N) is 2. The van der Waals surface area contributed by atoms with Gasteiger partial charge in [0, 0.05) is 36.1 Å². The van der Waals surface area contributed by atoms with Crippen LogP contribution < -0.4 is 10.0 Å². The second kappa shape index (κ2) is 13.9. The molecule has 3 aromatic carbocycles. The van der Waals surface area contributed by atoms with Gasteiger partial charge in [-0.25, -0.2) is 17.5 Å². The number of nitrogens with zero attached hydrogens (tertiary/aromatic N) is 1. The number of hydrogen-bond acceptors (Lipinski definition) is 4. The lowest BCUT2D eigenvalue weighted by atomic mass is 10.1. The minimum absolute atomic E-state index is 0.0845. The lowest BCUT2D eigenvalue weighted by Gasteiger charge is -2.29. The minimum Gasteiger partial charge on any atom is -0.350 e. The Morgan fingerprint density at radius 1 is 0.974 bits per heavy atom. The van der Waals surface area contributed by atoms with Crippen molar-refractivity contribution in [3.8, 4) is 0 Å². The first-order valence-corrected chi connectivity index (χ1v) is 14.6. The molecule has 2 amide bonds. The van der Waals surface area contributed by atoms with Crippen molar-refractivity contribution < 1.29 is 22.4 Å². The average molecular weight is 595 g/mol. The highest BCUT2D eigenvalue weighted by Gasteiger charge is 2.26. The molecule has 0 heterocycles. The lowest BCUT2D eigenvalue weighted by molar-refractivity contribution is -0.140. The summed E-state index contributed by atoms with van der Waals surface area (Å²) in [7, 11) is -3.57. The zero-order chi connectivity index (χ0) is 28.6. The second-order valence-corrected chi connectivity index (χ2v) is 11.5. The van der Waals surface area contributed by atoms with E-state index in [1.807, 2.05) is 0 Å². The van der Waals surface area contributed by atoms with Gasteiger partial charge in [-0.15, -0.1) is 0 Å². The van der Waals surface area contributed by atoms with E-state index in [-0.39, 0.29) is 42.8 Å². The number of carbonyl (C=O) groups is 2. The molecule has 0 saturated heterocycles. The standard InChI is InChI=1S/C28H30Cl2FN3O4S/c1-3-33-39(37,38)25-13-6-20(7-14-25)8-15-27(35)34(18-21-4-11-24(31)12-5-21)19(2)28(36)32-17-22-9-10-23(29)16-26(22)30/h4-7,9-14,16,19,33H,3,8,15,17-18H2,1-2H3,(H,32,36)/t19-/m1/s1. The van der Waals surface area contributed by atoms with E-state index in [9.17, 15) is 22.4 Å². The average Bonchev–Trinajstić information content (AvgIpc) is 2.90. The summed E-state index contributed by atoms with van der Waals surface area (Å²) >= 11 is 12.1. The van der Waals surface area contributed by atoms with Crippen LogP contribution in [-0.4, -0.2) is 37.7 Å². The molecule has 0 unspecified atom stereocenters. The van der Waals surface area contributed by atoms with Gasteiger partial charge in [0.15, 0.2) is 0 Å². The van der Waals surface area contributed by atoms with Crippen molar-refractivity contribution in [3.05, 3.63) is 99.3 Å². The third kappa shape index (κ3) is 8.76. The summed E-state index contributed by atoms with van der Waals surface area (Å²) in [5.41, 5.74) is 2.12. The number of carbonyl (C=O) groups excluding carboxylic acids is 2. The van der Waals surface area contributed by atoms with Gasteiger partial charge in [0.2, 0.25) is 21.8 Å². The molecule has 0 fully saturated rings. The normalized spacial score (nSPS) is 12.1. The fourth-order valence-electron chi connectivity index (χ4n) is 3.87. The molecule has 3 aromatic rings. The third-order valence-corrected chi connectivity index (χ3v) is 8.25. The fourth-order valence-corrected chi connectivity index (χ4v) is 5.38. The number of amides is 2. The van der Waals surface area contributed by atoms with Crippen LogP contribution in [0.1, 0.15) is 37.0 Å². The van der Waals surface area contributed by atoms with Crippen LogP contribution in [0.3, 0.4) is 0 Å². The van der Waals surface area contributed by atoms with E-state index in [1.165, 1.54) is 29.2 Å². The second-order valence-electron chi connectivity index (χ2n) is 8.92. The van der Waals surface area contributed by atoms with Gasteiger partial charge in [-0.2, -0.15) is 0 Å². The molecule has 0 aliphatic carbocycles. The first kappa shape index (κ1) is 30.6. The van der Waals surface area contributed by atoms with Crippen LogP contribution in [0.2, 0.25) is 10.0 Å². The summed E-state index contributed by atoms with van der Waals surface area (Å²) in [6, 6.07) is 16.2. The number of hydrogen-bond donors (Lipinski definition) is 2. The Morgan fingerprint density at radius 3 is 2.23 bits per heavy atom. The zero-order valence-electron chi connectivity index (χ0n) is 21.6. The van der Waals surface area contributed by atoms with E-state index in [2.05, 4.69) is 10.0 Å². The highest BCUT2D eigenvalue weighted by Crippen LogP contribution is 2.21. The van der Waals surface area contributed by atoms with Crippen molar-refractivity contribution in [1.29, 1.82) is 0 Å². The summed E-state index contributed by atoms with van der Waals surface area (Å²) in [6.45, 7) is 3.86. The molecule has 2 N–H and O–H groups in total. The monoisotopic (exact) mass is 593 g/mol. The molecule has 1 atom stereocenters. The van der Waals surface area contributed by atoms with Gasteiger partial charge in [-0.1, -0.05) is 60.5 Å². The molecular formula is C28H30Cl2FN3O4S. The summed E-state index contributed by atoms with van der Waals surface area (Å²) < 4.78 is 40.2. The van der Waals surface area contributed by atoms with E-state index in [1.54, 1.807) is 56.3 Å². The van der Waals surface area contributed by atoms with E-state index in [0.29, 0.717) is 27.6 Å². The van der Waals surface area contributed by atoms with Crippen LogP contribution in [0.4, 0.5) is 4.39 Å². The Labute approximate surface area is 238 Å². The smallest absolute Gasteiger partial charge is 0.242 e. The quantitative estimate of drug-likeness (QED) is 0.305. The molecule has 208 valence electrons. The molecule has 3 rings (SSSR count). The molecule has 39 heavy (non-hydrogen) atoms. The van der Waals surface area contributed by atoms with Crippen LogP contribution in [0.5, 0.6) is 0 Å². The fraction of sp³-hybridized carbons (Fsp3) is 0.286. The largest absolute Gasteiger partial charge is 0.350 e. The maximum absolute atomic E-state index is 13.4. The van der Waals surface area contributed by atoms with Gasteiger partial charge in [0.25, 0.3) is 0 Å². The highest BCUT2D eigenvalue weighted by molar-refractivity contribution is 7.89. The van der Waals surface area contributed by atoms with Crippen LogP contribution >= 0.6 is 23.2 Å². The van der Waals surface area contributed by atoms with Gasteiger partial charge in [-0.3, -0.25) is 9.59 Å². The zero-order valence-corrected chi connectivity index (χ0v) is 23.9. The maximum Gasteiger partial charge on any atom is 0.242 e. The summed E-state index contributed by atoms with van der Waals surface area (Å²) in [5.74, 6) is -1.06. The molecule has 0 bridgehead atoms. The maximum atomic E-state index is 13.4. The van der Waals surface area contributed by atoms with Crippen LogP contribution in [0.15, 0.2) is 71.6 Å². The molecule has 0 radical (unpaired) electrons. The van der Waals surface area contributed by atoms with Gasteiger partial charge >= 0.3 is 0 Å². The summed E-state index contributed by atoms with van der Waals surface area (Å²) in [6.07, 6.45) is 0.427. The van der Waals surface area contributed by atoms with Crippen molar-refractivity contribution in [1.82, 2.24) is 14.9 Å². The lowest BCUT2D eigenvalue weighted by Crippen LogP contribution is -2.47. The van der Waals surface area contributed by atoms with Crippen LogP contribution in [0.25, 0.3) is 0 Å². The van der Waals surface area contributed by atoms with Crippen LogP contribution in [0, 0.1) is 5.82 Å². The van der Waals surface area contributed by atoms with Crippen LogP contribution in [-0.2, 0) is 39.1 Å². The van der Waals surface area contributed by atoms with Crippen molar-refractivity contribution >= 4 is 45.0 Å². The summed E-state index contributed by atoms with van der Waals surface area (Å²) in [5, 5.41) is 3.71. The van der Waals surface area contributed by atoms with Crippen molar-refractivity contribution in [2.75, 3.05) is 6.54 Å². The molecular weight excluding hydrogens is 564 g/mol. The van der Waals surface area contributed by atoms with Gasteiger partial charge < -0.3 is 10.2 Å². The Morgan fingerprint density at radius 2 is 1.62 bits per heavy atom. The molecule has 0 spiro atoms. The number of halogens is 3. The van der Waals surface area contributed by atoms with E-state index in [0.717, 1.165) is 5.56 Å². The predicted molar refractivity (Wildman–Crippen MR) is 150 cm³/mol. The first-order chi connectivity index (χ1) is 18.5. The molecule has 7 nitrogen and oxygen atoms in total. The Bertz CT molecular complexity index is 1400. The number of rotatable bonds is 12. The number of sulfonamides is 1. The molecule has 0 aliphatic heterocycles. The third-order valence-electron chi connectivity index (χ3n) is 6.10. The minimum atomic E-state index is -3.57. The molecule has 0 aromatic heterocycles. The van der Waals surface area contributed by atoms with Gasteiger partial charge in [0.05, 0.1) is 4.90 Å². The van der Waals surface area contributed by atoms with Crippen molar-refractivity contribution in [2.45, 2.75) is 50.7 Å². The van der Waals surface area contributed by atoms with Gasteiger partial charge in [-0.05, 0) is 66.4 Å². The van der Waals surface area contributed by atoms with E-state index >= 15 is 0 Å². The Kier molecular flexibility index (Phi) is 10.9. The SMILES string of the molecule is CCNS(=O)(=O)c1ccc(CCC(=O)N(Cc2ccc(F)cc2)[C@H](C)C(=O)NCc2ccc(Cl)cc2Cl)cc1. The number of aryl methyl sites for hydroxylation is 1. The predicted octanol–water partition coefficient (Wildman–Crippen LogP) is 5.10. The Balaban J connectivity index is 1.71. The van der Waals surface area contributed by atoms with Crippen molar-refractivity contribution in [3.63, 3.8) is 0 Å². The highest BCUT2D eigenvalue weighted by atomic mass is 35.5. The van der Waals surface area contributed by atoms with E-state index in [4.69, 9.17) is 23.2 Å². The summed E-state index contributed by atoms with van der Waals surface area (Å²) in [4.78, 5) is 28.0. The first-order valence-electron chi connectivity index (χ1n) is 12.3. The Hall–Kier alpha value is -2.98. The molecule has 0 saturated carbocycles. The number of benzene rings is 3. The van der Waals surface area contributed by atoms with E-state index < -0.39 is 21.9 Å².